The maximum atomic E-state index is 11.4. The van der Waals surface area contributed by atoms with E-state index in [-0.39, 0.29) is 11.9 Å². The van der Waals surface area contributed by atoms with Crippen LogP contribution in [0.3, 0.4) is 0 Å². The van der Waals surface area contributed by atoms with E-state index in [0.29, 0.717) is 0 Å². The molecule has 1 aliphatic rings. The summed E-state index contributed by atoms with van der Waals surface area (Å²) in [6.45, 7) is 3.21. The second kappa shape index (κ2) is 4.87. The molecule has 6 nitrogen and oxygen atoms in total. The Morgan fingerprint density at radius 1 is 1.58 bits per heavy atom. The lowest BCUT2D eigenvalue weighted by Crippen LogP contribution is -2.44. The molecule has 1 fully saturated rings. The Labute approximate surface area is 111 Å². The molecule has 1 saturated heterocycles. The summed E-state index contributed by atoms with van der Waals surface area (Å²) in [5.41, 5.74) is 1.64. The Morgan fingerprint density at radius 3 is 3.32 bits per heavy atom. The molecular formula is C13H17N5O. The van der Waals surface area contributed by atoms with E-state index in [2.05, 4.69) is 20.3 Å². The highest BCUT2D eigenvalue weighted by atomic mass is 16.2. The van der Waals surface area contributed by atoms with Gasteiger partial charge in [0.1, 0.15) is 11.3 Å². The van der Waals surface area contributed by atoms with E-state index in [4.69, 9.17) is 0 Å². The van der Waals surface area contributed by atoms with Crippen molar-refractivity contribution in [3.63, 3.8) is 0 Å². The van der Waals surface area contributed by atoms with Crippen LogP contribution in [0.5, 0.6) is 0 Å². The van der Waals surface area contributed by atoms with E-state index in [9.17, 15) is 4.79 Å². The monoisotopic (exact) mass is 259 g/mol. The Bertz CT molecular complexity index is 593. The second-order valence-corrected chi connectivity index (χ2v) is 4.92. The highest BCUT2D eigenvalue weighted by molar-refractivity contribution is 5.73. The zero-order valence-corrected chi connectivity index (χ0v) is 10.9. The third-order valence-electron chi connectivity index (χ3n) is 3.48. The Balaban J connectivity index is 1.71. The molecule has 0 saturated carbocycles. The molecule has 1 atom stereocenters. The van der Waals surface area contributed by atoms with Crippen LogP contribution in [0.25, 0.3) is 11.2 Å². The summed E-state index contributed by atoms with van der Waals surface area (Å²) in [6, 6.07) is 2.15. The first kappa shape index (κ1) is 12.0. The predicted molar refractivity (Wildman–Crippen MR) is 72.8 cm³/mol. The number of nitrogens with zero attached hydrogens (tertiary/aromatic N) is 3. The maximum Gasteiger partial charge on any atom is 0.219 e. The van der Waals surface area contributed by atoms with Gasteiger partial charge in [0.2, 0.25) is 5.91 Å². The van der Waals surface area contributed by atoms with Gasteiger partial charge < -0.3 is 15.2 Å². The minimum atomic E-state index is 0.138. The molecule has 1 amide bonds. The molecular weight excluding hydrogens is 242 g/mol. The second-order valence-electron chi connectivity index (χ2n) is 4.92. The summed E-state index contributed by atoms with van der Waals surface area (Å²) in [5, 5.41) is 3.37. The van der Waals surface area contributed by atoms with Gasteiger partial charge in [0, 0.05) is 32.3 Å². The molecule has 19 heavy (non-hydrogen) atoms. The molecule has 0 spiro atoms. The molecule has 1 aliphatic heterocycles. The molecule has 2 N–H and O–H groups in total. The lowest BCUT2D eigenvalue weighted by molar-refractivity contribution is -0.129. The van der Waals surface area contributed by atoms with E-state index < -0.39 is 0 Å². The summed E-state index contributed by atoms with van der Waals surface area (Å²) >= 11 is 0. The van der Waals surface area contributed by atoms with Crippen LogP contribution in [-0.4, -0.2) is 44.9 Å². The number of aromatic nitrogens is 3. The molecule has 3 heterocycles. The highest BCUT2D eigenvalue weighted by Gasteiger charge is 2.21. The van der Waals surface area contributed by atoms with Crippen molar-refractivity contribution < 1.29 is 4.79 Å². The highest BCUT2D eigenvalue weighted by Crippen LogP contribution is 2.16. The average molecular weight is 259 g/mol. The number of fused-ring (bicyclic) bond motifs is 1. The van der Waals surface area contributed by atoms with Crippen LogP contribution in [0.1, 0.15) is 19.8 Å². The van der Waals surface area contributed by atoms with Gasteiger partial charge in [0.05, 0.1) is 6.20 Å². The van der Waals surface area contributed by atoms with Crippen molar-refractivity contribution in [2.24, 2.45) is 0 Å². The van der Waals surface area contributed by atoms with Crippen LogP contribution in [0.15, 0.2) is 18.5 Å². The largest absolute Gasteiger partial charge is 0.364 e. The molecule has 0 radical (unpaired) electrons. The third-order valence-corrected chi connectivity index (χ3v) is 3.48. The number of rotatable bonds is 2. The predicted octanol–water partition coefficient (Wildman–Crippen LogP) is 1.38. The van der Waals surface area contributed by atoms with Crippen molar-refractivity contribution >= 4 is 22.9 Å². The first-order valence-corrected chi connectivity index (χ1v) is 6.54. The summed E-state index contributed by atoms with van der Waals surface area (Å²) in [6.07, 6.45) is 5.63. The van der Waals surface area contributed by atoms with Crippen molar-refractivity contribution in [3.8, 4) is 0 Å². The van der Waals surface area contributed by atoms with E-state index >= 15 is 0 Å². The number of anilines is 1. The van der Waals surface area contributed by atoms with E-state index in [1.807, 2.05) is 17.2 Å². The van der Waals surface area contributed by atoms with Gasteiger partial charge in [-0.15, -0.1) is 0 Å². The fraction of sp³-hybridized carbons (Fsp3) is 0.462. The molecule has 2 aromatic heterocycles. The Hall–Kier alpha value is -2.11. The Morgan fingerprint density at radius 2 is 2.47 bits per heavy atom. The van der Waals surface area contributed by atoms with E-state index in [0.717, 1.165) is 42.9 Å². The minimum Gasteiger partial charge on any atom is -0.364 e. The number of carbonyl (C=O) groups excluding carboxylic acids is 1. The number of likely N-dealkylation sites (tertiary alicyclic amines) is 1. The quantitative estimate of drug-likeness (QED) is 0.854. The summed E-state index contributed by atoms with van der Waals surface area (Å²) in [4.78, 5) is 25.1. The van der Waals surface area contributed by atoms with Gasteiger partial charge in [-0.1, -0.05) is 0 Å². The maximum absolute atomic E-state index is 11.4. The zero-order chi connectivity index (χ0) is 13.2. The van der Waals surface area contributed by atoms with Crippen LogP contribution < -0.4 is 5.32 Å². The summed E-state index contributed by atoms with van der Waals surface area (Å²) in [7, 11) is 0. The third kappa shape index (κ3) is 2.52. The van der Waals surface area contributed by atoms with Crippen molar-refractivity contribution in [2.75, 3.05) is 18.4 Å². The van der Waals surface area contributed by atoms with Gasteiger partial charge in [-0.3, -0.25) is 4.79 Å². The average Bonchev–Trinajstić information content (AvgIpc) is 2.86. The standard InChI is InChI=1S/C13H17N5O/c1-9(19)18-6-2-3-10(8-18)16-12-7-15-13-11(17-12)4-5-14-13/h4-5,7,10H,2-3,6,8H2,1H3,(H,14,15)(H,16,17). The summed E-state index contributed by atoms with van der Waals surface area (Å²) in [5.74, 6) is 0.904. The number of hydrogen-bond acceptors (Lipinski definition) is 4. The molecule has 0 aliphatic carbocycles. The van der Waals surface area contributed by atoms with Gasteiger partial charge in [-0.25, -0.2) is 9.97 Å². The summed E-state index contributed by atoms with van der Waals surface area (Å²) < 4.78 is 0. The van der Waals surface area contributed by atoms with E-state index in [1.54, 1.807) is 13.1 Å². The number of carbonyl (C=O) groups is 1. The van der Waals surface area contributed by atoms with Gasteiger partial charge in [0.25, 0.3) is 0 Å². The minimum absolute atomic E-state index is 0.138. The molecule has 0 aromatic carbocycles. The molecule has 2 aromatic rings. The number of aromatic amines is 1. The molecule has 6 heteroatoms. The van der Waals surface area contributed by atoms with Crippen LogP contribution >= 0.6 is 0 Å². The van der Waals surface area contributed by atoms with Crippen LogP contribution in [0.2, 0.25) is 0 Å². The van der Waals surface area contributed by atoms with Gasteiger partial charge in [0.15, 0.2) is 5.65 Å². The molecule has 1 unspecified atom stereocenters. The smallest absolute Gasteiger partial charge is 0.219 e. The number of hydrogen-bond donors (Lipinski definition) is 2. The van der Waals surface area contributed by atoms with Crippen molar-refractivity contribution in [3.05, 3.63) is 18.5 Å². The van der Waals surface area contributed by atoms with Crippen LogP contribution in [0, 0.1) is 0 Å². The molecule has 100 valence electrons. The van der Waals surface area contributed by atoms with Crippen molar-refractivity contribution in [2.45, 2.75) is 25.8 Å². The first-order valence-electron chi connectivity index (χ1n) is 6.54. The number of piperidine rings is 1. The van der Waals surface area contributed by atoms with Gasteiger partial charge >= 0.3 is 0 Å². The zero-order valence-electron chi connectivity index (χ0n) is 10.9. The SMILES string of the molecule is CC(=O)N1CCCC(Nc2cnc3[nH]ccc3n2)C1. The lowest BCUT2D eigenvalue weighted by Gasteiger charge is -2.32. The van der Waals surface area contributed by atoms with Crippen molar-refractivity contribution in [1.82, 2.24) is 19.9 Å². The lowest BCUT2D eigenvalue weighted by atomic mass is 10.1. The van der Waals surface area contributed by atoms with Gasteiger partial charge in [-0.2, -0.15) is 0 Å². The van der Waals surface area contributed by atoms with Crippen LogP contribution in [0.4, 0.5) is 5.82 Å². The van der Waals surface area contributed by atoms with E-state index in [1.165, 1.54) is 0 Å². The normalized spacial score (nSPS) is 19.6. The fourth-order valence-electron chi connectivity index (χ4n) is 2.49. The fourth-order valence-corrected chi connectivity index (χ4v) is 2.49. The van der Waals surface area contributed by atoms with Crippen molar-refractivity contribution in [1.29, 1.82) is 0 Å². The topological polar surface area (TPSA) is 73.9 Å². The number of amides is 1. The number of nitrogens with one attached hydrogen (secondary N) is 2. The van der Waals surface area contributed by atoms with Crippen LogP contribution in [-0.2, 0) is 4.79 Å². The van der Waals surface area contributed by atoms with Gasteiger partial charge in [-0.05, 0) is 18.9 Å². The first-order chi connectivity index (χ1) is 9.22. The molecule has 0 bridgehead atoms. The number of H-pyrrole nitrogens is 1. The Kier molecular flexibility index (Phi) is 3.06. The molecule has 3 rings (SSSR count).